The maximum absolute atomic E-state index is 12.4. The Morgan fingerprint density at radius 3 is 2.55 bits per heavy atom. The molecule has 0 saturated carbocycles. The minimum atomic E-state index is -0.387. The lowest BCUT2D eigenvalue weighted by Gasteiger charge is -2.06. The van der Waals surface area contributed by atoms with Crippen molar-refractivity contribution in [1.29, 1.82) is 0 Å². The number of aromatic nitrogens is 2. The summed E-state index contributed by atoms with van der Waals surface area (Å²) in [5, 5.41) is 11.0. The number of benzene rings is 3. The number of nitrogens with zero attached hydrogens (tertiary/aromatic N) is 2. The van der Waals surface area contributed by atoms with E-state index in [-0.39, 0.29) is 5.91 Å². The summed E-state index contributed by atoms with van der Waals surface area (Å²) in [5.74, 6) is 1.08. The van der Waals surface area contributed by atoms with Crippen molar-refractivity contribution in [2.45, 2.75) is 13.5 Å². The van der Waals surface area contributed by atoms with Gasteiger partial charge in [0.2, 0.25) is 0 Å². The largest absolute Gasteiger partial charge is 0.493 e. The van der Waals surface area contributed by atoms with Crippen LogP contribution in [0.5, 0.6) is 11.5 Å². The van der Waals surface area contributed by atoms with Gasteiger partial charge in [-0.05, 0) is 55.0 Å². The van der Waals surface area contributed by atoms with Gasteiger partial charge in [-0.25, -0.2) is 5.43 Å². The fraction of sp³-hybridized carbons (Fsp3) is 0.115. The van der Waals surface area contributed by atoms with E-state index < -0.39 is 0 Å². The van der Waals surface area contributed by atoms with Crippen LogP contribution in [0.4, 0.5) is 0 Å². The number of H-pyrrole nitrogens is 1. The third kappa shape index (κ3) is 5.86. The molecule has 0 unspecified atom stereocenters. The van der Waals surface area contributed by atoms with E-state index in [0.29, 0.717) is 30.4 Å². The van der Waals surface area contributed by atoms with E-state index in [1.54, 1.807) is 12.3 Å². The van der Waals surface area contributed by atoms with Crippen LogP contribution in [-0.4, -0.2) is 28.9 Å². The number of rotatable bonds is 9. The molecular weight excluding hydrogens is 416 g/mol. The van der Waals surface area contributed by atoms with Crippen LogP contribution in [0.25, 0.3) is 11.3 Å². The molecule has 0 spiro atoms. The van der Waals surface area contributed by atoms with Gasteiger partial charge in [0.05, 0.1) is 18.5 Å². The van der Waals surface area contributed by atoms with Crippen molar-refractivity contribution < 1.29 is 14.3 Å². The monoisotopic (exact) mass is 440 g/mol. The standard InChI is InChI=1S/C26H24N4O3/c1-2-32-25-11-7-6-10-21(25)17-27-30-26(31)24-16-23(28-29-24)20-12-14-22(15-13-20)33-18-19-8-4-3-5-9-19/h3-17H,2,18H2,1H3,(H,28,29)(H,30,31)/b27-17-. The quantitative estimate of drug-likeness (QED) is 0.289. The number of carbonyl (C=O) groups excluding carboxylic acids is 1. The fourth-order valence-corrected chi connectivity index (χ4v) is 3.14. The van der Waals surface area contributed by atoms with E-state index in [2.05, 4.69) is 20.7 Å². The summed E-state index contributed by atoms with van der Waals surface area (Å²) in [4.78, 5) is 12.4. The zero-order chi connectivity index (χ0) is 22.9. The molecule has 1 heterocycles. The van der Waals surface area contributed by atoms with Crippen molar-refractivity contribution in [1.82, 2.24) is 15.6 Å². The Labute approximate surface area is 192 Å². The molecule has 0 fully saturated rings. The Hall–Kier alpha value is -4.39. The Kier molecular flexibility index (Phi) is 7.12. The Morgan fingerprint density at radius 1 is 1.00 bits per heavy atom. The first-order valence-electron chi connectivity index (χ1n) is 10.6. The SMILES string of the molecule is CCOc1ccccc1/C=N\NC(=O)c1cc(-c2ccc(OCc3ccccc3)cc2)n[nH]1. The summed E-state index contributed by atoms with van der Waals surface area (Å²) < 4.78 is 11.4. The van der Waals surface area contributed by atoms with Crippen molar-refractivity contribution in [3.05, 3.63) is 102 Å². The van der Waals surface area contributed by atoms with Crippen LogP contribution >= 0.6 is 0 Å². The normalized spacial score (nSPS) is 10.8. The molecule has 7 nitrogen and oxygen atoms in total. The Bertz CT molecular complexity index is 1220. The number of nitrogens with one attached hydrogen (secondary N) is 2. The molecule has 2 N–H and O–H groups in total. The molecule has 0 aliphatic heterocycles. The zero-order valence-corrected chi connectivity index (χ0v) is 18.2. The van der Waals surface area contributed by atoms with Crippen molar-refractivity contribution >= 4 is 12.1 Å². The van der Waals surface area contributed by atoms with Crippen LogP contribution in [0.3, 0.4) is 0 Å². The van der Waals surface area contributed by atoms with Gasteiger partial charge in [0.25, 0.3) is 5.91 Å². The van der Waals surface area contributed by atoms with Crippen LogP contribution in [0.15, 0.2) is 90.0 Å². The molecule has 0 aliphatic rings. The lowest BCUT2D eigenvalue weighted by molar-refractivity contribution is 0.0950. The number of amides is 1. The highest BCUT2D eigenvalue weighted by Gasteiger charge is 2.11. The number of hydrogen-bond acceptors (Lipinski definition) is 5. The third-order valence-electron chi connectivity index (χ3n) is 4.81. The van der Waals surface area contributed by atoms with E-state index in [4.69, 9.17) is 9.47 Å². The highest BCUT2D eigenvalue weighted by Crippen LogP contribution is 2.22. The maximum atomic E-state index is 12.4. The second-order valence-electron chi connectivity index (χ2n) is 7.14. The minimum absolute atomic E-state index is 0.310. The zero-order valence-electron chi connectivity index (χ0n) is 18.2. The third-order valence-corrected chi connectivity index (χ3v) is 4.81. The molecule has 0 radical (unpaired) electrons. The highest BCUT2D eigenvalue weighted by atomic mass is 16.5. The van der Waals surface area contributed by atoms with Crippen molar-refractivity contribution in [3.8, 4) is 22.8 Å². The fourth-order valence-electron chi connectivity index (χ4n) is 3.14. The smallest absolute Gasteiger partial charge is 0.289 e. The van der Waals surface area contributed by atoms with Gasteiger partial charge in [-0.15, -0.1) is 0 Å². The van der Waals surface area contributed by atoms with Gasteiger partial charge < -0.3 is 9.47 Å². The van der Waals surface area contributed by atoms with E-state index in [0.717, 1.165) is 22.4 Å². The lowest BCUT2D eigenvalue weighted by Crippen LogP contribution is -2.18. The van der Waals surface area contributed by atoms with Crippen LogP contribution in [0.1, 0.15) is 28.5 Å². The first-order chi connectivity index (χ1) is 16.2. The summed E-state index contributed by atoms with van der Waals surface area (Å²) in [6.07, 6.45) is 1.55. The van der Waals surface area contributed by atoms with E-state index in [1.807, 2.05) is 85.8 Å². The molecule has 166 valence electrons. The number of para-hydroxylation sites is 1. The topological polar surface area (TPSA) is 88.6 Å². The second kappa shape index (κ2) is 10.8. The van der Waals surface area contributed by atoms with Gasteiger partial charge in [-0.3, -0.25) is 9.89 Å². The average molecular weight is 441 g/mol. The number of aromatic amines is 1. The molecule has 0 aliphatic carbocycles. The predicted octanol–water partition coefficient (Wildman–Crippen LogP) is 4.82. The maximum Gasteiger partial charge on any atom is 0.289 e. The van der Waals surface area contributed by atoms with Crippen LogP contribution in [-0.2, 0) is 6.61 Å². The van der Waals surface area contributed by atoms with Crippen molar-refractivity contribution in [2.24, 2.45) is 5.10 Å². The Balaban J connectivity index is 1.35. The number of carbonyl (C=O) groups is 1. The molecule has 3 aromatic carbocycles. The first-order valence-corrected chi connectivity index (χ1v) is 10.6. The molecule has 7 heteroatoms. The molecule has 0 bridgehead atoms. The molecule has 4 rings (SSSR count). The van der Waals surface area contributed by atoms with E-state index in [9.17, 15) is 4.79 Å². The number of ether oxygens (including phenoxy) is 2. The minimum Gasteiger partial charge on any atom is -0.493 e. The van der Waals surface area contributed by atoms with Crippen LogP contribution in [0.2, 0.25) is 0 Å². The van der Waals surface area contributed by atoms with Gasteiger partial charge in [0, 0.05) is 11.1 Å². The van der Waals surface area contributed by atoms with Gasteiger partial charge in [0.1, 0.15) is 23.8 Å². The summed E-state index contributed by atoms with van der Waals surface area (Å²) in [7, 11) is 0. The molecule has 0 atom stereocenters. The van der Waals surface area contributed by atoms with Gasteiger partial charge in [-0.1, -0.05) is 42.5 Å². The molecule has 1 aromatic heterocycles. The molecule has 33 heavy (non-hydrogen) atoms. The van der Waals surface area contributed by atoms with Gasteiger partial charge in [0.15, 0.2) is 0 Å². The summed E-state index contributed by atoms with van der Waals surface area (Å²) in [5.41, 5.74) is 6.22. The first kappa shape index (κ1) is 21.8. The van der Waals surface area contributed by atoms with Crippen molar-refractivity contribution in [2.75, 3.05) is 6.61 Å². The number of hydrazone groups is 1. The van der Waals surface area contributed by atoms with E-state index in [1.165, 1.54) is 0 Å². The lowest BCUT2D eigenvalue weighted by atomic mass is 10.1. The number of hydrogen-bond donors (Lipinski definition) is 2. The molecule has 0 saturated heterocycles. The predicted molar refractivity (Wildman–Crippen MR) is 127 cm³/mol. The molecular formula is C26H24N4O3. The average Bonchev–Trinajstić information content (AvgIpc) is 3.35. The molecule has 4 aromatic rings. The second-order valence-corrected chi connectivity index (χ2v) is 7.14. The highest BCUT2D eigenvalue weighted by molar-refractivity contribution is 5.94. The van der Waals surface area contributed by atoms with Crippen molar-refractivity contribution in [3.63, 3.8) is 0 Å². The molecule has 1 amide bonds. The Morgan fingerprint density at radius 2 is 1.76 bits per heavy atom. The van der Waals surface area contributed by atoms with Gasteiger partial charge >= 0.3 is 0 Å². The van der Waals surface area contributed by atoms with E-state index >= 15 is 0 Å². The van der Waals surface area contributed by atoms with Crippen LogP contribution in [0, 0.1) is 0 Å². The van der Waals surface area contributed by atoms with Gasteiger partial charge in [-0.2, -0.15) is 10.2 Å². The summed E-state index contributed by atoms with van der Waals surface area (Å²) in [6, 6.07) is 26.7. The van der Waals surface area contributed by atoms with Crippen LogP contribution < -0.4 is 14.9 Å². The summed E-state index contributed by atoms with van der Waals surface area (Å²) >= 11 is 0. The summed E-state index contributed by atoms with van der Waals surface area (Å²) in [6.45, 7) is 2.97.